The molecule has 0 aromatic heterocycles. The summed E-state index contributed by atoms with van der Waals surface area (Å²) in [5, 5.41) is 11.9. The summed E-state index contributed by atoms with van der Waals surface area (Å²) in [6.45, 7) is 5.98. The summed E-state index contributed by atoms with van der Waals surface area (Å²) in [5.74, 6) is 0.0801. The van der Waals surface area contributed by atoms with E-state index < -0.39 is 6.10 Å². The van der Waals surface area contributed by atoms with Gasteiger partial charge < -0.3 is 15.3 Å². The van der Waals surface area contributed by atoms with E-state index in [1.165, 1.54) is 0 Å². The Bertz CT molecular complexity index is 221. The van der Waals surface area contributed by atoms with Crippen LogP contribution in [-0.2, 0) is 4.79 Å². The van der Waals surface area contributed by atoms with Crippen LogP contribution in [0.3, 0.4) is 0 Å². The van der Waals surface area contributed by atoms with Crippen LogP contribution < -0.4 is 5.32 Å². The normalized spacial score (nSPS) is 23.5. The average molecular weight is 214 g/mol. The molecule has 0 bridgehead atoms. The lowest BCUT2D eigenvalue weighted by Crippen LogP contribution is -2.47. The van der Waals surface area contributed by atoms with Gasteiger partial charge in [-0.3, -0.25) is 4.79 Å². The molecule has 1 rings (SSSR count). The van der Waals surface area contributed by atoms with E-state index in [0.29, 0.717) is 6.54 Å². The Hall–Kier alpha value is -0.610. The number of aliphatic hydroxyl groups is 1. The molecule has 0 radical (unpaired) electrons. The van der Waals surface area contributed by atoms with E-state index in [1.54, 1.807) is 6.92 Å². The van der Waals surface area contributed by atoms with Crippen molar-refractivity contribution in [3.8, 4) is 0 Å². The van der Waals surface area contributed by atoms with Gasteiger partial charge in [0.1, 0.15) is 0 Å². The molecule has 1 unspecified atom stereocenters. The van der Waals surface area contributed by atoms with E-state index in [-0.39, 0.29) is 11.3 Å². The third kappa shape index (κ3) is 3.47. The monoisotopic (exact) mass is 214 g/mol. The molecule has 88 valence electrons. The topological polar surface area (TPSA) is 52.6 Å². The van der Waals surface area contributed by atoms with Crippen LogP contribution in [0.2, 0.25) is 0 Å². The van der Waals surface area contributed by atoms with Crippen LogP contribution in [0.25, 0.3) is 0 Å². The maximum absolute atomic E-state index is 11.9. The van der Waals surface area contributed by atoms with E-state index >= 15 is 0 Å². The molecule has 0 aliphatic carbocycles. The van der Waals surface area contributed by atoms with Gasteiger partial charge in [0.2, 0.25) is 5.91 Å². The van der Waals surface area contributed by atoms with E-state index in [9.17, 15) is 4.79 Å². The Morgan fingerprint density at radius 3 is 2.53 bits per heavy atom. The molecule has 15 heavy (non-hydrogen) atoms. The fraction of sp³-hybridized carbons (Fsp3) is 0.909. The fourth-order valence-electron chi connectivity index (χ4n) is 1.79. The third-order valence-corrected chi connectivity index (χ3v) is 3.20. The largest absolute Gasteiger partial charge is 0.392 e. The minimum atomic E-state index is -0.469. The van der Waals surface area contributed by atoms with Crippen molar-refractivity contribution >= 4 is 5.91 Å². The first-order valence-corrected chi connectivity index (χ1v) is 5.59. The van der Waals surface area contributed by atoms with Gasteiger partial charge >= 0.3 is 0 Å². The maximum Gasteiger partial charge on any atom is 0.226 e. The number of carbonyl (C=O) groups is 1. The molecule has 0 aromatic rings. The Labute approximate surface area is 91.6 Å². The second-order valence-corrected chi connectivity index (χ2v) is 4.92. The van der Waals surface area contributed by atoms with Crippen molar-refractivity contribution in [2.24, 2.45) is 5.41 Å². The number of likely N-dealkylation sites (tertiary alicyclic amines) is 1. The van der Waals surface area contributed by atoms with Crippen molar-refractivity contribution in [3.63, 3.8) is 0 Å². The van der Waals surface area contributed by atoms with Crippen LogP contribution in [0.5, 0.6) is 0 Å². The van der Waals surface area contributed by atoms with Gasteiger partial charge in [0.05, 0.1) is 6.10 Å². The number of aliphatic hydroxyl groups excluding tert-OH is 1. The Kier molecular flexibility index (Phi) is 4.11. The van der Waals surface area contributed by atoms with Crippen molar-refractivity contribution in [2.45, 2.75) is 32.8 Å². The van der Waals surface area contributed by atoms with Gasteiger partial charge in [-0.1, -0.05) is 6.92 Å². The molecule has 1 heterocycles. The molecule has 4 heteroatoms. The zero-order chi connectivity index (χ0) is 11.5. The highest BCUT2D eigenvalue weighted by atomic mass is 16.3. The van der Waals surface area contributed by atoms with E-state index in [1.807, 2.05) is 6.92 Å². The number of hydrogen-bond acceptors (Lipinski definition) is 3. The number of piperidine rings is 1. The maximum atomic E-state index is 11.9. The molecule has 4 nitrogen and oxygen atoms in total. The lowest BCUT2D eigenvalue weighted by Gasteiger charge is -2.36. The van der Waals surface area contributed by atoms with E-state index in [4.69, 9.17) is 5.11 Å². The minimum Gasteiger partial charge on any atom is -0.392 e. The number of rotatable bonds is 3. The smallest absolute Gasteiger partial charge is 0.226 e. The second kappa shape index (κ2) is 4.94. The number of nitrogens with zero attached hydrogens (tertiary/aromatic N) is 1. The molecule has 1 aliphatic rings. The highest BCUT2D eigenvalue weighted by Crippen LogP contribution is 2.30. The molecular formula is C11H22N2O2. The number of carbonyl (C=O) groups excluding carboxylic acids is 1. The molecule has 1 fully saturated rings. The number of nitrogens with one attached hydrogen (secondary N) is 1. The first-order chi connectivity index (χ1) is 6.94. The molecular weight excluding hydrogens is 192 g/mol. The van der Waals surface area contributed by atoms with Gasteiger partial charge in [-0.25, -0.2) is 0 Å². The van der Waals surface area contributed by atoms with Crippen LogP contribution in [0.4, 0.5) is 0 Å². The molecule has 1 amide bonds. The lowest BCUT2D eigenvalue weighted by molar-refractivity contribution is -0.133. The molecule has 2 N–H and O–H groups in total. The predicted octanol–water partition coefficient (Wildman–Crippen LogP) is 0.215. The summed E-state index contributed by atoms with van der Waals surface area (Å²) in [4.78, 5) is 14.1. The Morgan fingerprint density at radius 1 is 1.53 bits per heavy atom. The molecule has 0 saturated carbocycles. The van der Waals surface area contributed by atoms with Crippen molar-refractivity contribution in [3.05, 3.63) is 0 Å². The Balaban J connectivity index is 2.43. The second-order valence-electron chi connectivity index (χ2n) is 4.92. The predicted molar refractivity (Wildman–Crippen MR) is 59.5 cm³/mol. The quantitative estimate of drug-likeness (QED) is 0.706. The van der Waals surface area contributed by atoms with Gasteiger partial charge in [0.25, 0.3) is 0 Å². The van der Waals surface area contributed by atoms with Crippen LogP contribution in [0, 0.1) is 5.41 Å². The van der Waals surface area contributed by atoms with Crippen LogP contribution >= 0.6 is 0 Å². The average Bonchev–Trinajstić information content (AvgIpc) is 2.19. The summed E-state index contributed by atoms with van der Waals surface area (Å²) < 4.78 is 0. The molecule has 1 saturated heterocycles. The van der Waals surface area contributed by atoms with Gasteiger partial charge in [-0.05, 0) is 39.9 Å². The molecule has 0 spiro atoms. The van der Waals surface area contributed by atoms with Crippen LogP contribution in [0.1, 0.15) is 26.7 Å². The highest BCUT2D eigenvalue weighted by Gasteiger charge is 2.35. The van der Waals surface area contributed by atoms with Gasteiger partial charge in [-0.2, -0.15) is 0 Å². The van der Waals surface area contributed by atoms with Crippen molar-refractivity contribution in [1.82, 2.24) is 10.2 Å². The number of hydrogen-bond donors (Lipinski definition) is 2. The van der Waals surface area contributed by atoms with Crippen molar-refractivity contribution in [1.29, 1.82) is 0 Å². The summed E-state index contributed by atoms with van der Waals surface area (Å²) >= 11 is 0. The minimum absolute atomic E-state index is 0.0801. The number of amides is 1. The van der Waals surface area contributed by atoms with Crippen molar-refractivity contribution in [2.75, 3.05) is 26.7 Å². The van der Waals surface area contributed by atoms with Crippen LogP contribution in [-0.4, -0.2) is 48.7 Å². The van der Waals surface area contributed by atoms with E-state index in [0.717, 1.165) is 25.9 Å². The zero-order valence-corrected chi connectivity index (χ0v) is 9.92. The summed E-state index contributed by atoms with van der Waals surface area (Å²) in [5.41, 5.74) is -0.249. The fourth-order valence-corrected chi connectivity index (χ4v) is 1.79. The molecule has 1 aliphatic heterocycles. The summed E-state index contributed by atoms with van der Waals surface area (Å²) in [6.07, 6.45) is 1.33. The van der Waals surface area contributed by atoms with Gasteiger partial charge in [-0.15, -0.1) is 0 Å². The summed E-state index contributed by atoms with van der Waals surface area (Å²) in [6, 6.07) is 0. The first kappa shape index (κ1) is 12.5. The SMILES string of the molecule is CC(O)CNC(=O)C1(C)CCN(C)CC1. The van der Waals surface area contributed by atoms with Crippen molar-refractivity contribution < 1.29 is 9.90 Å². The van der Waals surface area contributed by atoms with Gasteiger partial charge in [0.15, 0.2) is 0 Å². The highest BCUT2D eigenvalue weighted by molar-refractivity contribution is 5.82. The standard InChI is InChI=1S/C11H22N2O2/c1-9(14)8-12-10(15)11(2)4-6-13(3)7-5-11/h9,14H,4-8H2,1-3H3,(H,12,15). The van der Waals surface area contributed by atoms with Crippen LogP contribution in [0.15, 0.2) is 0 Å². The summed E-state index contributed by atoms with van der Waals surface area (Å²) in [7, 11) is 2.08. The van der Waals surface area contributed by atoms with E-state index in [2.05, 4.69) is 17.3 Å². The zero-order valence-electron chi connectivity index (χ0n) is 9.92. The molecule has 1 atom stereocenters. The molecule has 0 aromatic carbocycles. The Morgan fingerprint density at radius 2 is 2.07 bits per heavy atom. The van der Waals surface area contributed by atoms with Gasteiger partial charge in [0, 0.05) is 12.0 Å². The third-order valence-electron chi connectivity index (χ3n) is 3.20. The lowest BCUT2D eigenvalue weighted by atomic mass is 9.79. The first-order valence-electron chi connectivity index (χ1n) is 5.59.